The fourth-order valence-electron chi connectivity index (χ4n) is 5.43. The van der Waals surface area contributed by atoms with Gasteiger partial charge in [-0.25, -0.2) is 0 Å². The van der Waals surface area contributed by atoms with Crippen LogP contribution >= 0.6 is 22.9 Å². The number of nitriles is 1. The number of allylic oxidation sites excluding steroid dienone is 2. The van der Waals surface area contributed by atoms with E-state index in [1.165, 1.54) is 17.7 Å². The summed E-state index contributed by atoms with van der Waals surface area (Å²) in [6.07, 6.45) is 8.52. The molecule has 1 atom stereocenters. The average Bonchev–Trinajstić information content (AvgIpc) is 3.09. The highest BCUT2D eigenvalue weighted by Gasteiger charge is 2.42. The summed E-state index contributed by atoms with van der Waals surface area (Å²) in [4.78, 5) is 29.7. The molecule has 0 spiro atoms. The largest absolute Gasteiger partial charge is 0.294 e. The minimum absolute atomic E-state index is 0.0471. The molecule has 3 aliphatic rings. The Balaban J connectivity index is 1.67. The maximum atomic E-state index is 13.6. The molecule has 32 heavy (non-hydrogen) atoms. The van der Waals surface area contributed by atoms with Gasteiger partial charge in [0, 0.05) is 39.9 Å². The minimum Gasteiger partial charge on any atom is -0.294 e. The number of hydrogen-bond donors (Lipinski definition) is 0. The van der Waals surface area contributed by atoms with Gasteiger partial charge >= 0.3 is 0 Å². The number of nitrogens with zero attached hydrogens (tertiary/aromatic N) is 2. The van der Waals surface area contributed by atoms with Crippen molar-refractivity contribution in [2.75, 3.05) is 4.90 Å². The van der Waals surface area contributed by atoms with E-state index in [4.69, 9.17) is 11.6 Å². The highest BCUT2D eigenvalue weighted by molar-refractivity contribution is 7.16. The lowest BCUT2D eigenvalue weighted by molar-refractivity contribution is -0.119. The maximum absolute atomic E-state index is 13.6. The van der Waals surface area contributed by atoms with E-state index in [1.807, 2.05) is 24.3 Å². The van der Waals surface area contributed by atoms with Crippen molar-refractivity contribution in [3.63, 3.8) is 0 Å². The van der Waals surface area contributed by atoms with E-state index >= 15 is 0 Å². The Morgan fingerprint density at radius 3 is 2.56 bits per heavy atom. The van der Waals surface area contributed by atoms with Gasteiger partial charge < -0.3 is 0 Å². The SMILES string of the molecule is N#Cc1c(N2C(=O)C[C@H](c3ccccc3Cl)C3=C2CCCC3=O)sc2c1CCCCCC2. The number of halogens is 1. The van der Waals surface area contributed by atoms with Gasteiger partial charge in [-0.2, -0.15) is 5.26 Å². The molecule has 1 aliphatic heterocycles. The van der Waals surface area contributed by atoms with E-state index in [0.717, 1.165) is 53.9 Å². The van der Waals surface area contributed by atoms with Crippen LogP contribution in [0.15, 0.2) is 35.5 Å². The van der Waals surface area contributed by atoms with Crippen molar-refractivity contribution in [1.82, 2.24) is 0 Å². The molecule has 6 heteroatoms. The van der Waals surface area contributed by atoms with Crippen molar-refractivity contribution in [2.24, 2.45) is 0 Å². The third kappa shape index (κ3) is 3.60. The number of hydrogen-bond acceptors (Lipinski definition) is 4. The standard InChI is InChI=1S/C26H25ClN2O2S/c27-20-10-6-5-8-16(20)18-14-24(31)29(21-11-7-12-22(30)25(18)21)26-19(15-28)17-9-3-1-2-4-13-23(17)32-26/h5-6,8,10,18H,1-4,7,9,11-14H2/t18-/m1/s1. The molecule has 2 heterocycles. The van der Waals surface area contributed by atoms with E-state index in [2.05, 4.69) is 6.07 Å². The van der Waals surface area contributed by atoms with Gasteiger partial charge in [0.1, 0.15) is 11.1 Å². The third-order valence-corrected chi connectivity index (χ3v) is 8.54. The molecule has 0 bridgehead atoms. The summed E-state index contributed by atoms with van der Waals surface area (Å²) in [6.45, 7) is 0. The Labute approximate surface area is 197 Å². The monoisotopic (exact) mass is 464 g/mol. The number of amides is 1. The van der Waals surface area contributed by atoms with E-state index in [-0.39, 0.29) is 24.0 Å². The summed E-state index contributed by atoms with van der Waals surface area (Å²) in [6, 6.07) is 9.91. The summed E-state index contributed by atoms with van der Waals surface area (Å²) >= 11 is 8.07. The second-order valence-electron chi connectivity index (χ2n) is 8.85. The summed E-state index contributed by atoms with van der Waals surface area (Å²) < 4.78 is 0. The van der Waals surface area contributed by atoms with Gasteiger partial charge in [-0.05, 0) is 55.7 Å². The van der Waals surface area contributed by atoms with Gasteiger partial charge in [0.15, 0.2) is 5.78 Å². The van der Waals surface area contributed by atoms with Crippen LogP contribution in [0.5, 0.6) is 0 Å². The van der Waals surface area contributed by atoms with Gasteiger partial charge in [0.2, 0.25) is 5.91 Å². The Morgan fingerprint density at radius 2 is 1.78 bits per heavy atom. The molecule has 0 saturated heterocycles. The zero-order chi connectivity index (χ0) is 22.2. The van der Waals surface area contributed by atoms with Gasteiger partial charge in [0.25, 0.3) is 0 Å². The molecule has 0 N–H and O–H groups in total. The molecule has 1 aromatic carbocycles. The van der Waals surface area contributed by atoms with Crippen LogP contribution in [-0.2, 0) is 22.4 Å². The quantitative estimate of drug-likeness (QED) is 0.512. The first-order valence-electron chi connectivity index (χ1n) is 11.5. The average molecular weight is 465 g/mol. The van der Waals surface area contributed by atoms with Crippen LogP contribution in [0.1, 0.15) is 78.9 Å². The Kier molecular flexibility index (Phi) is 5.92. The summed E-state index contributed by atoms with van der Waals surface area (Å²) in [5.41, 5.74) is 4.10. The van der Waals surface area contributed by atoms with Crippen LogP contribution < -0.4 is 4.90 Å². The van der Waals surface area contributed by atoms with Crippen LogP contribution in [0.25, 0.3) is 0 Å². The van der Waals surface area contributed by atoms with E-state index in [0.29, 0.717) is 29.0 Å². The Bertz CT molecular complexity index is 1170. The topological polar surface area (TPSA) is 61.2 Å². The fourth-order valence-corrected chi connectivity index (χ4v) is 7.08. The lowest BCUT2D eigenvalue weighted by Crippen LogP contribution is -2.40. The maximum Gasteiger partial charge on any atom is 0.232 e. The van der Waals surface area contributed by atoms with Crippen molar-refractivity contribution in [3.05, 3.63) is 62.1 Å². The minimum atomic E-state index is -0.318. The Morgan fingerprint density at radius 1 is 1.00 bits per heavy atom. The molecule has 2 aliphatic carbocycles. The Hall–Kier alpha value is -2.42. The van der Waals surface area contributed by atoms with Crippen molar-refractivity contribution < 1.29 is 9.59 Å². The molecule has 1 amide bonds. The van der Waals surface area contributed by atoms with Crippen LogP contribution in [-0.4, -0.2) is 11.7 Å². The predicted octanol–water partition coefficient (Wildman–Crippen LogP) is 6.46. The summed E-state index contributed by atoms with van der Waals surface area (Å²) in [5, 5.41) is 11.4. The zero-order valence-corrected chi connectivity index (χ0v) is 19.5. The second-order valence-corrected chi connectivity index (χ2v) is 10.3. The molecule has 1 aromatic heterocycles. The number of ketones is 1. The first kappa shape index (κ1) is 21.4. The molecule has 0 saturated carbocycles. The first-order chi connectivity index (χ1) is 15.6. The molecule has 5 rings (SSSR count). The van der Waals surface area contributed by atoms with E-state index in [9.17, 15) is 14.9 Å². The predicted molar refractivity (Wildman–Crippen MR) is 127 cm³/mol. The van der Waals surface area contributed by atoms with Crippen molar-refractivity contribution >= 4 is 39.6 Å². The number of anilines is 1. The van der Waals surface area contributed by atoms with E-state index < -0.39 is 0 Å². The number of Topliss-reactive ketones (excluding diaryl/α,β-unsaturated/α-hetero) is 1. The van der Waals surface area contributed by atoms with Gasteiger partial charge in [0.05, 0.1) is 5.56 Å². The number of thiophene rings is 1. The van der Waals surface area contributed by atoms with Gasteiger partial charge in [-0.1, -0.05) is 42.6 Å². The normalized spacial score (nSPS) is 21.5. The molecular weight excluding hydrogens is 440 g/mol. The molecule has 0 fully saturated rings. The molecule has 0 radical (unpaired) electrons. The van der Waals surface area contributed by atoms with Gasteiger partial charge in [-0.15, -0.1) is 11.3 Å². The number of rotatable bonds is 2. The number of carbonyl (C=O) groups is 2. The van der Waals surface area contributed by atoms with Crippen LogP contribution in [0, 0.1) is 11.3 Å². The number of carbonyl (C=O) groups excluding carboxylic acids is 2. The van der Waals surface area contributed by atoms with Crippen LogP contribution in [0.4, 0.5) is 5.00 Å². The smallest absolute Gasteiger partial charge is 0.232 e. The zero-order valence-electron chi connectivity index (χ0n) is 18.0. The third-order valence-electron chi connectivity index (χ3n) is 6.92. The molecule has 4 nitrogen and oxygen atoms in total. The number of fused-ring (bicyclic) bond motifs is 1. The van der Waals surface area contributed by atoms with E-state index in [1.54, 1.807) is 16.2 Å². The lowest BCUT2D eigenvalue weighted by Gasteiger charge is -2.38. The fraction of sp³-hybridized carbons (Fsp3) is 0.423. The van der Waals surface area contributed by atoms with Crippen molar-refractivity contribution in [3.8, 4) is 6.07 Å². The van der Waals surface area contributed by atoms with Crippen molar-refractivity contribution in [2.45, 2.75) is 70.1 Å². The lowest BCUT2D eigenvalue weighted by atomic mass is 9.77. The van der Waals surface area contributed by atoms with Gasteiger partial charge in [-0.3, -0.25) is 14.5 Å². The number of benzene rings is 1. The van der Waals surface area contributed by atoms with Crippen LogP contribution in [0.3, 0.4) is 0 Å². The molecular formula is C26H25ClN2O2S. The highest BCUT2D eigenvalue weighted by atomic mass is 35.5. The highest BCUT2D eigenvalue weighted by Crippen LogP contribution is 2.48. The van der Waals surface area contributed by atoms with Crippen LogP contribution in [0.2, 0.25) is 5.02 Å². The first-order valence-corrected chi connectivity index (χ1v) is 12.7. The molecule has 2 aromatic rings. The molecule has 164 valence electrons. The second kappa shape index (κ2) is 8.84. The van der Waals surface area contributed by atoms with Crippen molar-refractivity contribution in [1.29, 1.82) is 5.26 Å². The summed E-state index contributed by atoms with van der Waals surface area (Å²) in [7, 11) is 0. The summed E-state index contributed by atoms with van der Waals surface area (Å²) in [5.74, 6) is -0.266. The number of aryl methyl sites for hydroxylation is 1. The molecule has 0 unspecified atom stereocenters.